The molecule has 0 spiro atoms. The van der Waals surface area contributed by atoms with E-state index in [9.17, 15) is 24.0 Å². The molecule has 2 aliphatic heterocycles. The molecule has 1 fully saturated rings. The summed E-state index contributed by atoms with van der Waals surface area (Å²) in [6.45, 7) is 3.24. The first-order valence-electron chi connectivity index (χ1n) is 11.7. The second kappa shape index (κ2) is 12.4. The predicted molar refractivity (Wildman–Crippen MR) is 122 cm³/mol. The normalized spacial score (nSPS) is 17.7. The second-order valence-corrected chi connectivity index (χ2v) is 8.30. The van der Waals surface area contributed by atoms with Gasteiger partial charge in [-0.2, -0.15) is 0 Å². The van der Waals surface area contributed by atoms with E-state index in [0.717, 1.165) is 17.7 Å². The van der Waals surface area contributed by atoms with Gasteiger partial charge in [0.15, 0.2) is 0 Å². The van der Waals surface area contributed by atoms with Crippen LogP contribution in [0.5, 0.6) is 0 Å². The molecular formula is C24H31N3O7. The Kier molecular flexibility index (Phi) is 9.29. The molecule has 1 atom stereocenters. The molecule has 10 heteroatoms. The standard InChI is InChI=1S/C24H31N3O7/c1-2-3-4-5-6-12-33-13-14-34-15-20(29)25-17-9-7-8-16-21(17)24(32)27(23(16)31)18-10-11-19(28)26-22(18)30/h7-9,18H,2-6,10-15H2,1H3,(H,25,29)(H,26,28,30). The largest absolute Gasteiger partial charge is 0.379 e. The van der Waals surface area contributed by atoms with Gasteiger partial charge in [-0.1, -0.05) is 38.7 Å². The van der Waals surface area contributed by atoms with Crippen LogP contribution in [0.3, 0.4) is 0 Å². The highest BCUT2D eigenvalue weighted by atomic mass is 16.5. The van der Waals surface area contributed by atoms with E-state index in [2.05, 4.69) is 17.6 Å². The third-order valence-electron chi connectivity index (χ3n) is 5.74. The number of ether oxygens (including phenoxy) is 2. The highest BCUT2D eigenvalue weighted by Crippen LogP contribution is 2.32. The summed E-state index contributed by atoms with van der Waals surface area (Å²) in [6, 6.07) is 3.46. The average molecular weight is 474 g/mol. The first-order chi connectivity index (χ1) is 16.4. The summed E-state index contributed by atoms with van der Waals surface area (Å²) >= 11 is 0. The van der Waals surface area contributed by atoms with Gasteiger partial charge < -0.3 is 14.8 Å². The van der Waals surface area contributed by atoms with Gasteiger partial charge in [-0.15, -0.1) is 0 Å². The van der Waals surface area contributed by atoms with E-state index < -0.39 is 35.6 Å². The van der Waals surface area contributed by atoms with Gasteiger partial charge in [0.25, 0.3) is 11.8 Å². The number of nitrogens with one attached hydrogen (secondary N) is 2. The molecule has 10 nitrogen and oxygen atoms in total. The molecule has 0 aliphatic carbocycles. The molecule has 5 amide bonds. The first kappa shape index (κ1) is 25.5. The molecule has 0 bridgehead atoms. The van der Waals surface area contributed by atoms with E-state index in [1.165, 1.54) is 31.4 Å². The lowest BCUT2D eigenvalue weighted by molar-refractivity contribution is -0.136. The van der Waals surface area contributed by atoms with Crippen LogP contribution in [0.25, 0.3) is 0 Å². The van der Waals surface area contributed by atoms with Crippen LogP contribution < -0.4 is 10.6 Å². The summed E-state index contributed by atoms with van der Waals surface area (Å²) in [5.74, 6) is -2.92. The quantitative estimate of drug-likeness (QED) is 0.331. The van der Waals surface area contributed by atoms with E-state index in [1.807, 2.05) is 0 Å². The van der Waals surface area contributed by atoms with Gasteiger partial charge >= 0.3 is 0 Å². The van der Waals surface area contributed by atoms with Gasteiger partial charge in [-0.05, 0) is 25.0 Å². The summed E-state index contributed by atoms with van der Waals surface area (Å²) in [6.07, 6.45) is 5.88. The van der Waals surface area contributed by atoms with Crippen LogP contribution in [0.1, 0.15) is 72.6 Å². The summed E-state index contributed by atoms with van der Waals surface area (Å²) in [5, 5.41) is 4.76. The third kappa shape index (κ3) is 6.27. The number of hydrogen-bond donors (Lipinski definition) is 2. The van der Waals surface area contributed by atoms with Crippen LogP contribution in [-0.4, -0.2) is 66.9 Å². The number of nitrogens with zero attached hydrogens (tertiary/aromatic N) is 1. The molecule has 1 aromatic carbocycles. The molecule has 1 saturated heterocycles. The molecule has 0 radical (unpaired) electrons. The van der Waals surface area contributed by atoms with Gasteiger partial charge in [0.1, 0.15) is 12.6 Å². The van der Waals surface area contributed by atoms with Crippen molar-refractivity contribution in [3.63, 3.8) is 0 Å². The zero-order valence-corrected chi connectivity index (χ0v) is 19.4. The first-order valence-corrected chi connectivity index (χ1v) is 11.7. The lowest BCUT2D eigenvalue weighted by Crippen LogP contribution is -2.54. The second-order valence-electron chi connectivity index (χ2n) is 8.30. The average Bonchev–Trinajstić information content (AvgIpc) is 3.06. The van der Waals surface area contributed by atoms with Crippen molar-refractivity contribution in [3.05, 3.63) is 29.3 Å². The topological polar surface area (TPSA) is 131 Å². The number of piperidine rings is 1. The molecule has 34 heavy (non-hydrogen) atoms. The molecule has 1 unspecified atom stereocenters. The number of carbonyl (C=O) groups is 5. The molecule has 3 rings (SSSR count). The number of imide groups is 2. The lowest BCUT2D eigenvalue weighted by Gasteiger charge is -2.27. The van der Waals surface area contributed by atoms with Crippen molar-refractivity contribution in [2.75, 3.05) is 31.7 Å². The van der Waals surface area contributed by atoms with Gasteiger partial charge in [0, 0.05) is 13.0 Å². The Morgan fingerprint density at radius 3 is 2.56 bits per heavy atom. The maximum atomic E-state index is 13.0. The number of amides is 5. The minimum absolute atomic E-state index is 0.0250. The fraction of sp³-hybridized carbons (Fsp3) is 0.542. The van der Waals surface area contributed by atoms with Crippen molar-refractivity contribution >= 4 is 35.2 Å². The monoisotopic (exact) mass is 473 g/mol. The van der Waals surface area contributed by atoms with Crippen molar-refractivity contribution in [2.24, 2.45) is 0 Å². The molecular weight excluding hydrogens is 442 g/mol. The van der Waals surface area contributed by atoms with Crippen LogP contribution in [0.2, 0.25) is 0 Å². The highest BCUT2D eigenvalue weighted by Gasteiger charge is 2.45. The van der Waals surface area contributed by atoms with Crippen molar-refractivity contribution in [3.8, 4) is 0 Å². The van der Waals surface area contributed by atoms with E-state index in [-0.39, 0.29) is 42.9 Å². The van der Waals surface area contributed by atoms with Crippen LogP contribution in [-0.2, 0) is 23.9 Å². The van der Waals surface area contributed by atoms with E-state index in [4.69, 9.17) is 9.47 Å². The van der Waals surface area contributed by atoms with Gasteiger partial charge in [0.2, 0.25) is 17.7 Å². The molecule has 2 N–H and O–H groups in total. The molecule has 0 aromatic heterocycles. The maximum Gasteiger partial charge on any atom is 0.264 e. The summed E-state index contributed by atoms with van der Waals surface area (Å²) in [7, 11) is 0. The Balaban J connectivity index is 1.48. The number of anilines is 1. The number of fused-ring (bicyclic) bond motifs is 1. The Morgan fingerprint density at radius 2 is 1.79 bits per heavy atom. The minimum Gasteiger partial charge on any atom is -0.379 e. The van der Waals surface area contributed by atoms with Crippen molar-refractivity contribution in [1.82, 2.24) is 10.2 Å². The Hall–Kier alpha value is -3.11. The highest BCUT2D eigenvalue weighted by molar-refractivity contribution is 6.26. The smallest absolute Gasteiger partial charge is 0.264 e. The number of benzene rings is 1. The molecule has 2 heterocycles. The molecule has 2 aliphatic rings. The Labute approximate surface area is 198 Å². The van der Waals surface area contributed by atoms with Crippen LogP contribution in [0.15, 0.2) is 18.2 Å². The summed E-state index contributed by atoms with van der Waals surface area (Å²) in [4.78, 5) is 62.6. The van der Waals surface area contributed by atoms with Crippen LogP contribution >= 0.6 is 0 Å². The number of hydrogen-bond acceptors (Lipinski definition) is 7. The fourth-order valence-corrected chi connectivity index (χ4v) is 4.00. The summed E-state index contributed by atoms with van der Waals surface area (Å²) in [5.41, 5.74) is 0.292. The SMILES string of the molecule is CCCCCCCOCCOCC(=O)Nc1cccc2c1C(=O)N(C1CCC(=O)NC1=O)C2=O. The molecule has 184 valence electrons. The van der Waals surface area contributed by atoms with Crippen molar-refractivity contribution < 1.29 is 33.4 Å². The molecule has 1 aromatic rings. The fourth-order valence-electron chi connectivity index (χ4n) is 4.00. The van der Waals surface area contributed by atoms with E-state index >= 15 is 0 Å². The number of rotatable bonds is 13. The van der Waals surface area contributed by atoms with Crippen LogP contribution in [0, 0.1) is 0 Å². The van der Waals surface area contributed by atoms with Crippen LogP contribution in [0.4, 0.5) is 5.69 Å². The maximum absolute atomic E-state index is 13.0. The summed E-state index contributed by atoms with van der Waals surface area (Å²) < 4.78 is 10.8. The predicted octanol–water partition coefficient (Wildman–Crippen LogP) is 2.03. The Morgan fingerprint density at radius 1 is 1.03 bits per heavy atom. The zero-order chi connectivity index (χ0) is 24.5. The van der Waals surface area contributed by atoms with Crippen molar-refractivity contribution in [1.29, 1.82) is 0 Å². The zero-order valence-electron chi connectivity index (χ0n) is 19.4. The lowest BCUT2D eigenvalue weighted by atomic mass is 10.0. The van der Waals surface area contributed by atoms with Gasteiger partial charge in [0.05, 0.1) is 30.0 Å². The van der Waals surface area contributed by atoms with E-state index in [0.29, 0.717) is 13.2 Å². The van der Waals surface area contributed by atoms with Gasteiger partial charge in [-0.25, -0.2) is 0 Å². The number of carbonyl (C=O) groups excluding carboxylic acids is 5. The van der Waals surface area contributed by atoms with Gasteiger partial charge in [-0.3, -0.25) is 34.2 Å². The third-order valence-corrected chi connectivity index (χ3v) is 5.74. The minimum atomic E-state index is -1.07. The molecule has 0 saturated carbocycles. The van der Waals surface area contributed by atoms with E-state index in [1.54, 1.807) is 6.07 Å². The Bertz CT molecular complexity index is 946. The van der Waals surface area contributed by atoms with Crippen molar-refractivity contribution in [2.45, 2.75) is 57.9 Å². The number of unbranched alkanes of at least 4 members (excludes halogenated alkanes) is 4.